The highest BCUT2D eigenvalue weighted by atomic mass is 16.5. The smallest absolute Gasteiger partial charge is 0.219 e. The molecule has 100 valence electrons. The summed E-state index contributed by atoms with van der Waals surface area (Å²) in [5.74, 6) is 1.72. The second-order valence-corrected chi connectivity index (χ2v) is 4.66. The van der Waals surface area contributed by atoms with Crippen molar-refractivity contribution in [2.24, 2.45) is 0 Å². The molecular weight excluding hydrogens is 242 g/mol. The molecule has 0 radical (unpaired) electrons. The van der Waals surface area contributed by atoms with Crippen LogP contribution in [0.2, 0.25) is 0 Å². The van der Waals surface area contributed by atoms with Crippen molar-refractivity contribution in [2.45, 2.75) is 19.4 Å². The lowest BCUT2D eigenvalue weighted by Gasteiger charge is -2.17. The number of methoxy groups -OCH3 is 1. The van der Waals surface area contributed by atoms with Crippen molar-refractivity contribution >= 4 is 0 Å². The van der Waals surface area contributed by atoms with Gasteiger partial charge in [0, 0.05) is 25.1 Å². The summed E-state index contributed by atoms with van der Waals surface area (Å²) >= 11 is 0. The van der Waals surface area contributed by atoms with Crippen LogP contribution >= 0.6 is 0 Å². The van der Waals surface area contributed by atoms with E-state index in [-0.39, 0.29) is 0 Å². The average molecular weight is 259 g/mol. The van der Waals surface area contributed by atoms with Gasteiger partial charge in [-0.3, -0.25) is 4.90 Å². The van der Waals surface area contributed by atoms with E-state index in [4.69, 9.17) is 9.15 Å². The number of aromatic nitrogens is 2. The molecule has 0 amide bonds. The molecule has 19 heavy (non-hydrogen) atoms. The van der Waals surface area contributed by atoms with E-state index in [0.29, 0.717) is 5.88 Å². The van der Waals surface area contributed by atoms with Crippen molar-refractivity contribution in [1.29, 1.82) is 0 Å². The van der Waals surface area contributed by atoms with E-state index in [2.05, 4.69) is 14.9 Å². The van der Waals surface area contributed by atoms with E-state index >= 15 is 0 Å². The third kappa shape index (κ3) is 2.61. The first-order valence-electron chi connectivity index (χ1n) is 6.48. The van der Waals surface area contributed by atoms with Gasteiger partial charge in [-0.05, 0) is 18.6 Å². The normalized spacial score (nSPS) is 15.8. The zero-order chi connectivity index (χ0) is 13.1. The molecule has 0 saturated carbocycles. The summed E-state index contributed by atoms with van der Waals surface area (Å²) in [4.78, 5) is 10.9. The summed E-state index contributed by atoms with van der Waals surface area (Å²) < 4.78 is 10.7. The molecule has 0 bridgehead atoms. The maximum absolute atomic E-state index is 5.40. The second-order valence-electron chi connectivity index (χ2n) is 4.66. The molecule has 2 aromatic heterocycles. The minimum absolute atomic E-state index is 0.713. The first-order chi connectivity index (χ1) is 9.36. The lowest BCUT2D eigenvalue weighted by Crippen LogP contribution is -2.25. The molecule has 1 aliphatic heterocycles. The highest BCUT2D eigenvalue weighted by Gasteiger charge is 2.19. The summed E-state index contributed by atoms with van der Waals surface area (Å²) in [6, 6.07) is 3.94. The highest BCUT2D eigenvalue weighted by Crippen LogP contribution is 2.22. The number of fused-ring (bicyclic) bond motifs is 1. The Hall–Kier alpha value is -1.88. The summed E-state index contributed by atoms with van der Waals surface area (Å²) in [6.45, 7) is 2.79. The zero-order valence-electron chi connectivity index (χ0n) is 11.0. The summed E-state index contributed by atoms with van der Waals surface area (Å²) in [6.07, 6.45) is 5.14. The Kier molecular flexibility index (Phi) is 3.46. The van der Waals surface area contributed by atoms with Gasteiger partial charge in [0.1, 0.15) is 12.1 Å². The number of nitrogens with zero attached hydrogens (tertiary/aromatic N) is 3. The first kappa shape index (κ1) is 12.2. The van der Waals surface area contributed by atoms with E-state index in [1.807, 2.05) is 12.1 Å². The Bertz CT molecular complexity index is 540. The monoisotopic (exact) mass is 259 g/mol. The van der Waals surface area contributed by atoms with E-state index in [0.717, 1.165) is 49.5 Å². The van der Waals surface area contributed by atoms with Crippen LogP contribution < -0.4 is 4.74 Å². The van der Waals surface area contributed by atoms with Crippen LogP contribution in [0.25, 0.3) is 0 Å². The van der Waals surface area contributed by atoms with Crippen LogP contribution in [-0.4, -0.2) is 35.1 Å². The van der Waals surface area contributed by atoms with Crippen molar-refractivity contribution in [2.75, 3.05) is 20.2 Å². The minimum atomic E-state index is 0.713. The van der Waals surface area contributed by atoms with Crippen LogP contribution in [0.1, 0.15) is 17.0 Å². The van der Waals surface area contributed by atoms with Gasteiger partial charge in [-0.2, -0.15) is 0 Å². The Labute approximate surface area is 112 Å². The zero-order valence-corrected chi connectivity index (χ0v) is 11.0. The molecule has 0 atom stereocenters. The van der Waals surface area contributed by atoms with Gasteiger partial charge in [0.25, 0.3) is 0 Å². The quantitative estimate of drug-likeness (QED) is 0.839. The summed E-state index contributed by atoms with van der Waals surface area (Å²) in [5.41, 5.74) is 2.25. The van der Waals surface area contributed by atoms with Gasteiger partial charge in [0.15, 0.2) is 0 Å². The van der Waals surface area contributed by atoms with Crippen molar-refractivity contribution in [1.82, 2.24) is 14.9 Å². The topological polar surface area (TPSA) is 51.4 Å². The number of hydrogen-bond acceptors (Lipinski definition) is 5. The second kappa shape index (κ2) is 5.40. The fraction of sp³-hybridized carbons (Fsp3) is 0.429. The van der Waals surface area contributed by atoms with Crippen LogP contribution in [0, 0.1) is 0 Å². The van der Waals surface area contributed by atoms with E-state index in [9.17, 15) is 0 Å². The molecule has 0 aromatic carbocycles. The van der Waals surface area contributed by atoms with Gasteiger partial charge in [0.2, 0.25) is 5.88 Å². The van der Waals surface area contributed by atoms with Crippen molar-refractivity contribution < 1.29 is 9.15 Å². The van der Waals surface area contributed by atoms with Gasteiger partial charge in [-0.1, -0.05) is 0 Å². The average Bonchev–Trinajstić information content (AvgIpc) is 2.86. The molecule has 2 aromatic rings. The Morgan fingerprint density at radius 3 is 3.00 bits per heavy atom. The van der Waals surface area contributed by atoms with E-state index < -0.39 is 0 Å². The molecular formula is C14H17N3O2. The third-order valence-corrected chi connectivity index (χ3v) is 3.49. The van der Waals surface area contributed by atoms with Gasteiger partial charge < -0.3 is 9.15 Å². The summed E-state index contributed by atoms with van der Waals surface area (Å²) in [7, 11) is 1.66. The van der Waals surface area contributed by atoms with E-state index in [1.54, 1.807) is 19.7 Å². The highest BCUT2D eigenvalue weighted by molar-refractivity contribution is 5.31. The molecule has 0 saturated heterocycles. The Morgan fingerprint density at radius 1 is 1.32 bits per heavy atom. The largest absolute Gasteiger partial charge is 0.481 e. The Morgan fingerprint density at radius 2 is 2.21 bits per heavy atom. The number of ether oxygens (including phenoxy) is 1. The fourth-order valence-electron chi connectivity index (χ4n) is 2.50. The molecule has 0 fully saturated rings. The molecule has 5 nitrogen and oxygen atoms in total. The van der Waals surface area contributed by atoms with Crippen LogP contribution in [-0.2, 0) is 19.4 Å². The Balaban J connectivity index is 1.74. The SMILES string of the molecule is COc1ncnc2c1CCN(Cc1ccco1)CC2. The van der Waals surface area contributed by atoms with Gasteiger partial charge in [-0.25, -0.2) is 9.97 Å². The molecule has 3 heterocycles. The summed E-state index contributed by atoms with van der Waals surface area (Å²) in [5, 5.41) is 0. The molecule has 0 spiro atoms. The van der Waals surface area contributed by atoms with Gasteiger partial charge >= 0.3 is 0 Å². The molecule has 0 aliphatic carbocycles. The standard InChI is InChI=1S/C14H17N3O2/c1-18-14-12-4-6-17(9-11-3-2-8-19-11)7-5-13(12)15-10-16-14/h2-3,8,10H,4-7,9H2,1H3. The van der Waals surface area contributed by atoms with Crippen LogP contribution in [0.3, 0.4) is 0 Å². The number of furan rings is 1. The molecule has 0 unspecified atom stereocenters. The van der Waals surface area contributed by atoms with Crippen LogP contribution in [0.4, 0.5) is 0 Å². The van der Waals surface area contributed by atoms with Crippen molar-refractivity contribution in [3.8, 4) is 5.88 Å². The molecule has 5 heteroatoms. The number of rotatable bonds is 3. The number of hydrogen-bond donors (Lipinski definition) is 0. The fourth-order valence-corrected chi connectivity index (χ4v) is 2.50. The van der Waals surface area contributed by atoms with E-state index in [1.165, 1.54) is 0 Å². The molecule has 1 aliphatic rings. The van der Waals surface area contributed by atoms with Crippen molar-refractivity contribution in [3.05, 3.63) is 41.7 Å². The van der Waals surface area contributed by atoms with Crippen LogP contribution in [0.15, 0.2) is 29.1 Å². The predicted octanol–water partition coefficient (Wildman–Crippen LogP) is 1.68. The predicted molar refractivity (Wildman–Crippen MR) is 70.0 cm³/mol. The molecule has 3 rings (SSSR count). The minimum Gasteiger partial charge on any atom is -0.481 e. The van der Waals surface area contributed by atoms with Gasteiger partial charge in [-0.15, -0.1) is 0 Å². The third-order valence-electron chi connectivity index (χ3n) is 3.49. The van der Waals surface area contributed by atoms with Gasteiger partial charge in [0.05, 0.1) is 25.6 Å². The lowest BCUT2D eigenvalue weighted by atomic mass is 10.1. The van der Waals surface area contributed by atoms with Crippen LogP contribution in [0.5, 0.6) is 5.88 Å². The lowest BCUT2D eigenvalue weighted by molar-refractivity contribution is 0.254. The molecule has 0 N–H and O–H groups in total. The maximum Gasteiger partial charge on any atom is 0.219 e. The van der Waals surface area contributed by atoms with Crippen molar-refractivity contribution in [3.63, 3.8) is 0 Å². The maximum atomic E-state index is 5.40. The first-order valence-corrected chi connectivity index (χ1v) is 6.48.